The average molecular weight is 261 g/mol. The first kappa shape index (κ1) is 12.9. The normalized spacial score (nSPS) is 27.4. The molecule has 0 aliphatic carbocycles. The lowest BCUT2D eigenvalue weighted by Crippen LogP contribution is -2.70. The van der Waals surface area contributed by atoms with Crippen LogP contribution in [-0.4, -0.2) is 53.1 Å². The molecule has 4 rings (SSSR count). The Balaban J connectivity index is 1.58. The van der Waals surface area contributed by atoms with Gasteiger partial charge in [0.05, 0.1) is 7.11 Å². The zero-order valence-electron chi connectivity index (χ0n) is 12.0. The SMILES string of the molecule is COc1ccc(CN2CC3CC(C2)N3C(C)C)cn1. The number of piperidine rings is 1. The smallest absolute Gasteiger partial charge is 0.212 e. The Morgan fingerprint density at radius 3 is 2.58 bits per heavy atom. The first-order chi connectivity index (χ1) is 9.17. The second-order valence-corrected chi connectivity index (χ2v) is 5.99. The molecule has 0 N–H and O–H groups in total. The van der Waals surface area contributed by atoms with Crippen LogP contribution in [0.15, 0.2) is 18.3 Å². The van der Waals surface area contributed by atoms with E-state index in [4.69, 9.17) is 4.74 Å². The van der Waals surface area contributed by atoms with Crippen molar-refractivity contribution in [1.29, 1.82) is 0 Å². The number of pyridine rings is 1. The Labute approximate surface area is 115 Å². The monoisotopic (exact) mass is 261 g/mol. The molecule has 0 aromatic carbocycles. The van der Waals surface area contributed by atoms with Crippen LogP contribution in [0.1, 0.15) is 25.8 Å². The topological polar surface area (TPSA) is 28.6 Å². The molecule has 0 radical (unpaired) electrons. The highest BCUT2D eigenvalue weighted by Gasteiger charge is 2.45. The van der Waals surface area contributed by atoms with Crippen molar-refractivity contribution in [1.82, 2.24) is 14.8 Å². The van der Waals surface area contributed by atoms with E-state index in [9.17, 15) is 0 Å². The lowest BCUT2D eigenvalue weighted by atomic mass is 9.85. The maximum Gasteiger partial charge on any atom is 0.212 e. The van der Waals surface area contributed by atoms with Gasteiger partial charge in [-0.15, -0.1) is 0 Å². The van der Waals surface area contributed by atoms with Crippen LogP contribution in [0.5, 0.6) is 5.88 Å². The van der Waals surface area contributed by atoms with Crippen LogP contribution in [0.25, 0.3) is 0 Å². The molecule has 19 heavy (non-hydrogen) atoms. The molecule has 0 saturated carbocycles. The van der Waals surface area contributed by atoms with Crippen LogP contribution in [0.3, 0.4) is 0 Å². The summed E-state index contributed by atoms with van der Waals surface area (Å²) >= 11 is 0. The van der Waals surface area contributed by atoms with Crippen LogP contribution in [-0.2, 0) is 6.54 Å². The van der Waals surface area contributed by atoms with Gasteiger partial charge in [-0.2, -0.15) is 0 Å². The molecule has 2 unspecified atom stereocenters. The highest BCUT2D eigenvalue weighted by Crippen LogP contribution is 2.34. The summed E-state index contributed by atoms with van der Waals surface area (Å²) < 4.78 is 5.09. The van der Waals surface area contributed by atoms with E-state index < -0.39 is 0 Å². The lowest BCUT2D eigenvalue weighted by molar-refractivity contribution is -0.0901. The zero-order chi connectivity index (χ0) is 13.4. The molecule has 4 heteroatoms. The van der Waals surface area contributed by atoms with Gasteiger partial charge in [0.2, 0.25) is 5.88 Å². The Hall–Kier alpha value is -1.13. The molecule has 0 amide bonds. The number of hydrogen-bond donors (Lipinski definition) is 0. The first-order valence-electron chi connectivity index (χ1n) is 7.16. The first-order valence-corrected chi connectivity index (χ1v) is 7.16. The predicted molar refractivity (Wildman–Crippen MR) is 75.2 cm³/mol. The van der Waals surface area contributed by atoms with Crippen LogP contribution in [0, 0.1) is 0 Å². The van der Waals surface area contributed by atoms with Gasteiger partial charge in [0, 0.05) is 50.0 Å². The molecule has 0 spiro atoms. The van der Waals surface area contributed by atoms with Crippen molar-refractivity contribution in [2.24, 2.45) is 0 Å². The molecule has 3 aliphatic heterocycles. The number of hydrogen-bond acceptors (Lipinski definition) is 4. The average Bonchev–Trinajstić information content (AvgIpc) is 2.39. The van der Waals surface area contributed by atoms with Crippen molar-refractivity contribution < 1.29 is 4.74 Å². The van der Waals surface area contributed by atoms with Gasteiger partial charge in [-0.05, 0) is 25.8 Å². The van der Waals surface area contributed by atoms with Gasteiger partial charge in [0.25, 0.3) is 0 Å². The highest BCUT2D eigenvalue weighted by molar-refractivity contribution is 5.18. The summed E-state index contributed by atoms with van der Waals surface area (Å²) in [6.45, 7) is 8.02. The van der Waals surface area contributed by atoms with Crippen molar-refractivity contribution in [2.75, 3.05) is 20.2 Å². The minimum absolute atomic E-state index is 0.688. The maximum atomic E-state index is 5.09. The summed E-state index contributed by atoms with van der Waals surface area (Å²) in [4.78, 5) is 9.50. The molecular formula is C15H23N3O. The van der Waals surface area contributed by atoms with Crippen molar-refractivity contribution >= 4 is 0 Å². The second-order valence-electron chi connectivity index (χ2n) is 5.99. The molecule has 2 bridgehead atoms. The molecular weight excluding hydrogens is 238 g/mol. The number of aromatic nitrogens is 1. The standard InChI is InChI=1S/C15H23N3O/c1-11(2)18-13-6-14(18)10-17(9-13)8-12-4-5-15(19-3)16-7-12/h4-5,7,11,13-14H,6,8-10H2,1-3H3. The fourth-order valence-electron chi connectivity index (χ4n) is 3.58. The third-order valence-corrected chi connectivity index (χ3v) is 4.33. The highest BCUT2D eigenvalue weighted by atomic mass is 16.5. The van der Waals surface area contributed by atoms with Crippen LogP contribution < -0.4 is 4.74 Å². The predicted octanol–water partition coefficient (Wildman–Crippen LogP) is 1.76. The molecule has 1 aromatic heterocycles. The minimum atomic E-state index is 0.688. The van der Waals surface area contributed by atoms with Gasteiger partial charge in [0.1, 0.15) is 0 Å². The van der Waals surface area contributed by atoms with E-state index in [1.807, 2.05) is 12.3 Å². The van der Waals surface area contributed by atoms with E-state index in [1.165, 1.54) is 25.1 Å². The number of nitrogens with zero attached hydrogens (tertiary/aromatic N) is 3. The molecule has 4 heterocycles. The van der Waals surface area contributed by atoms with Crippen LogP contribution in [0.2, 0.25) is 0 Å². The fraction of sp³-hybridized carbons (Fsp3) is 0.667. The summed E-state index contributed by atoms with van der Waals surface area (Å²) in [5, 5.41) is 0. The number of methoxy groups -OCH3 is 1. The van der Waals surface area contributed by atoms with Crippen LogP contribution in [0.4, 0.5) is 0 Å². The summed E-state index contributed by atoms with van der Waals surface area (Å²) in [6, 6.07) is 6.29. The van der Waals surface area contributed by atoms with Gasteiger partial charge in [0.15, 0.2) is 0 Å². The molecule has 1 aromatic rings. The van der Waals surface area contributed by atoms with Gasteiger partial charge in [-0.3, -0.25) is 9.80 Å². The fourth-order valence-corrected chi connectivity index (χ4v) is 3.58. The quantitative estimate of drug-likeness (QED) is 0.826. The molecule has 3 saturated heterocycles. The molecule has 104 valence electrons. The summed E-state index contributed by atoms with van der Waals surface area (Å²) in [5.74, 6) is 0.691. The van der Waals surface area contributed by atoms with Crippen molar-refractivity contribution in [3.63, 3.8) is 0 Å². The Kier molecular flexibility index (Phi) is 3.46. The Bertz CT molecular complexity index is 420. The maximum absolute atomic E-state index is 5.09. The molecule has 3 fully saturated rings. The van der Waals surface area contributed by atoms with E-state index in [0.29, 0.717) is 11.9 Å². The van der Waals surface area contributed by atoms with Crippen molar-refractivity contribution in [3.05, 3.63) is 23.9 Å². The molecule has 2 atom stereocenters. The largest absolute Gasteiger partial charge is 0.481 e. The summed E-state index contributed by atoms with van der Waals surface area (Å²) in [5.41, 5.74) is 1.28. The zero-order valence-corrected chi connectivity index (χ0v) is 12.0. The van der Waals surface area contributed by atoms with Gasteiger partial charge < -0.3 is 4.74 Å². The van der Waals surface area contributed by atoms with E-state index in [1.54, 1.807) is 7.11 Å². The number of rotatable bonds is 4. The van der Waals surface area contributed by atoms with E-state index >= 15 is 0 Å². The minimum Gasteiger partial charge on any atom is -0.481 e. The van der Waals surface area contributed by atoms with Crippen LogP contribution >= 0.6 is 0 Å². The molecule has 4 nitrogen and oxygen atoms in total. The Morgan fingerprint density at radius 2 is 2.05 bits per heavy atom. The van der Waals surface area contributed by atoms with E-state index in [-0.39, 0.29) is 0 Å². The summed E-state index contributed by atoms with van der Waals surface area (Å²) in [7, 11) is 1.65. The van der Waals surface area contributed by atoms with Gasteiger partial charge in [-0.25, -0.2) is 4.98 Å². The number of ether oxygens (including phenoxy) is 1. The second kappa shape index (κ2) is 5.10. The van der Waals surface area contributed by atoms with E-state index in [2.05, 4.69) is 34.7 Å². The number of fused-ring (bicyclic) bond motifs is 2. The molecule has 3 aliphatic rings. The summed E-state index contributed by atoms with van der Waals surface area (Å²) in [6.07, 6.45) is 3.31. The van der Waals surface area contributed by atoms with E-state index in [0.717, 1.165) is 18.6 Å². The van der Waals surface area contributed by atoms with Crippen molar-refractivity contribution in [3.8, 4) is 5.88 Å². The third-order valence-electron chi connectivity index (χ3n) is 4.33. The Morgan fingerprint density at radius 1 is 1.32 bits per heavy atom. The van der Waals surface area contributed by atoms with Crippen molar-refractivity contribution in [2.45, 2.75) is 44.9 Å². The lowest BCUT2D eigenvalue weighted by Gasteiger charge is -2.58. The number of piperazine rings is 1. The van der Waals surface area contributed by atoms with Gasteiger partial charge >= 0.3 is 0 Å². The van der Waals surface area contributed by atoms with Gasteiger partial charge in [-0.1, -0.05) is 6.07 Å². The third kappa shape index (κ3) is 2.47.